The number of rotatable bonds is 5. The van der Waals surface area contributed by atoms with Crippen LogP contribution in [0.4, 0.5) is 5.69 Å². The molecule has 7 heteroatoms. The summed E-state index contributed by atoms with van der Waals surface area (Å²) in [6.07, 6.45) is 1.74. The fourth-order valence-corrected chi connectivity index (χ4v) is 4.14. The summed E-state index contributed by atoms with van der Waals surface area (Å²) in [7, 11) is 0. The van der Waals surface area contributed by atoms with Crippen LogP contribution in [0.15, 0.2) is 59.0 Å². The van der Waals surface area contributed by atoms with Gasteiger partial charge in [0.05, 0.1) is 10.5 Å². The molecule has 0 unspecified atom stereocenters. The van der Waals surface area contributed by atoms with Crippen molar-refractivity contribution >= 4 is 11.6 Å². The first-order valence-electron chi connectivity index (χ1n) is 10.4. The van der Waals surface area contributed by atoms with Crippen molar-refractivity contribution in [3.8, 4) is 11.3 Å². The molecular weight excluding hydrogens is 394 g/mol. The SMILES string of the molecule is Cc1ccc(-c2ccc(C(=O)N3CCC(c4cccc(CN)c4)CC3)o2)c([N+](=O)[O-])c1. The van der Waals surface area contributed by atoms with Gasteiger partial charge >= 0.3 is 0 Å². The van der Waals surface area contributed by atoms with Gasteiger partial charge in [-0.15, -0.1) is 0 Å². The maximum Gasteiger partial charge on any atom is 0.289 e. The number of nitro groups is 1. The molecule has 160 valence electrons. The number of amides is 1. The Balaban J connectivity index is 1.46. The molecule has 2 heterocycles. The first-order chi connectivity index (χ1) is 15.0. The van der Waals surface area contributed by atoms with Gasteiger partial charge in [0.15, 0.2) is 5.76 Å². The van der Waals surface area contributed by atoms with Crippen LogP contribution in [0.5, 0.6) is 0 Å². The highest BCUT2D eigenvalue weighted by Crippen LogP contribution is 2.33. The number of benzene rings is 2. The van der Waals surface area contributed by atoms with Gasteiger partial charge in [0.2, 0.25) is 0 Å². The Morgan fingerprint density at radius 2 is 1.94 bits per heavy atom. The number of likely N-dealkylation sites (tertiary alicyclic amines) is 1. The number of nitro benzene ring substituents is 1. The Bertz CT molecular complexity index is 1110. The molecule has 0 saturated carbocycles. The highest BCUT2D eigenvalue weighted by atomic mass is 16.6. The number of nitrogens with two attached hydrogens (primary N) is 1. The lowest BCUT2D eigenvalue weighted by atomic mass is 9.88. The zero-order valence-electron chi connectivity index (χ0n) is 17.4. The summed E-state index contributed by atoms with van der Waals surface area (Å²) in [5.74, 6) is 0.741. The number of hydrogen-bond donors (Lipinski definition) is 1. The summed E-state index contributed by atoms with van der Waals surface area (Å²) in [5.41, 5.74) is 9.26. The van der Waals surface area contributed by atoms with Crippen molar-refractivity contribution in [1.29, 1.82) is 0 Å². The lowest BCUT2D eigenvalue weighted by molar-refractivity contribution is -0.384. The van der Waals surface area contributed by atoms with Crippen molar-refractivity contribution in [1.82, 2.24) is 4.90 Å². The normalized spacial score (nSPS) is 14.6. The van der Waals surface area contributed by atoms with Gasteiger partial charge in [-0.05, 0) is 60.6 Å². The van der Waals surface area contributed by atoms with E-state index in [1.54, 1.807) is 36.1 Å². The van der Waals surface area contributed by atoms with E-state index in [1.807, 2.05) is 12.1 Å². The highest BCUT2D eigenvalue weighted by molar-refractivity contribution is 5.92. The summed E-state index contributed by atoms with van der Waals surface area (Å²) in [6.45, 7) is 3.59. The second kappa shape index (κ2) is 8.73. The van der Waals surface area contributed by atoms with Crippen LogP contribution in [-0.2, 0) is 6.54 Å². The van der Waals surface area contributed by atoms with Gasteiger partial charge in [0, 0.05) is 25.7 Å². The van der Waals surface area contributed by atoms with Crippen LogP contribution in [0.2, 0.25) is 0 Å². The number of furan rings is 1. The number of hydrogen-bond acceptors (Lipinski definition) is 5. The molecule has 1 amide bonds. The summed E-state index contributed by atoms with van der Waals surface area (Å²) < 4.78 is 5.75. The molecule has 1 aromatic heterocycles. The Kier molecular flexibility index (Phi) is 5.86. The predicted octanol–water partition coefficient (Wildman–Crippen LogP) is 4.64. The molecular formula is C24H25N3O4. The monoisotopic (exact) mass is 419 g/mol. The maximum absolute atomic E-state index is 12.9. The molecule has 7 nitrogen and oxygen atoms in total. The number of carbonyl (C=O) groups excluding carboxylic acids is 1. The molecule has 1 aliphatic rings. The van der Waals surface area contributed by atoms with E-state index in [4.69, 9.17) is 10.2 Å². The highest BCUT2D eigenvalue weighted by Gasteiger charge is 2.27. The van der Waals surface area contributed by atoms with Gasteiger partial charge in [0.1, 0.15) is 5.76 Å². The zero-order valence-corrected chi connectivity index (χ0v) is 17.4. The quantitative estimate of drug-likeness (QED) is 0.479. The molecule has 3 aromatic rings. The van der Waals surface area contributed by atoms with Gasteiger partial charge in [-0.1, -0.05) is 30.3 Å². The smallest absolute Gasteiger partial charge is 0.289 e. The van der Waals surface area contributed by atoms with Crippen molar-refractivity contribution in [2.75, 3.05) is 13.1 Å². The van der Waals surface area contributed by atoms with Crippen LogP contribution in [-0.4, -0.2) is 28.8 Å². The maximum atomic E-state index is 12.9. The molecule has 0 spiro atoms. The van der Waals surface area contributed by atoms with Gasteiger partial charge in [-0.2, -0.15) is 0 Å². The molecule has 2 N–H and O–H groups in total. The summed E-state index contributed by atoms with van der Waals surface area (Å²) in [6, 6.07) is 16.5. The number of piperidine rings is 1. The third-order valence-corrected chi connectivity index (χ3v) is 5.87. The number of carbonyl (C=O) groups is 1. The molecule has 31 heavy (non-hydrogen) atoms. The fourth-order valence-electron chi connectivity index (χ4n) is 4.14. The minimum atomic E-state index is -0.434. The van der Waals surface area contributed by atoms with E-state index in [0.29, 0.717) is 36.9 Å². The van der Waals surface area contributed by atoms with E-state index in [9.17, 15) is 14.9 Å². The van der Waals surface area contributed by atoms with Gasteiger partial charge in [-0.25, -0.2) is 0 Å². The van der Waals surface area contributed by atoms with E-state index in [-0.39, 0.29) is 17.4 Å². The summed E-state index contributed by atoms with van der Waals surface area (Å²) in [4.78, 5) is 25.7. The molecule has 1 saturated heterocycles. The molecule has 0 atom stereocenters. The third kappa shape index (κ3) is 4.36. The second-order valence-electron chi connectivity index (χ2n) is 7.96. The molecule has 2 aromatic carbocycles. The minimum Gasteiger partial charge on any atom is -0.451 e. The Morgan fingerprint density at radius 3 is 2.65 bits per heavy atom. The lowest BCUT2D eigenvalue weighted by Gasteiger charge is -2.31. The second-order valence-corrected chi connectivity index (χ2v) is 7.96. The van der Waals surface area contributed by atoms with Gasteiger partial charge in [-0.3, -0.25) is 14.9 Å². The van der Waals surface area contributed by atoms with Crippen molar-refractivity contribution in [3.05, 3.63) is 87.2 Å². The van der Waals surface area contributed by atoms with Crippen molar-refractivity contribution in [3.63, 3.8) is 0 Å². The average molecular weight is 419 g/mol. The van der Waals surface area contributed by atoms with Crippen LogP contribution in [0.25, 0.3) is 11.3 Å². The first-order valence-corrected chi connectivity index (χ1v) is 10.4. The largest absolute Gasteiger partial charge is 0.451 e. The van der Waals surface area contributed by atoms with Crippen LogP contribution in [0.3, 0.4) is 0 Å². The van der Waals surface area contributed by atoms with Crippen LogP contribution in [0.1, 0.15) is 46.0 Å². The van der Waals surface area contributed by atoms with Crippen molar-refractivity contribution < 1.29 is 14.1 Å². The van der Waals surface area contributed by atoms with Crippen molar-refractivity contribution in [2.24, 2.45) is 5.73 Å². The van der Waals surface area contributed by atoms with E-state index in [2.05, 4.69) is 12.1 Å². The molecule has 1 fully saturated rings. The molecule has 0 aliphatic carbocycles. The summed E-state index contributed by atoms with van der Waals surface area (Å²) in [5, 5.41) is 11.4. The van der Waals surface area contributed by atoms with E-state index < -0.39 is 4.92 Å². The van der Waals surface area contributed by atoms with E-state index in [1.165, 1.54) is 11.6 Å². The Labute approximate surface area is 180 Å². The van der Waals surface area contributed by atoms with E-state index >= 15 is 0 Å². The average Bonchev–Trinajstić information content (AvgIpc) is 3.28. The predicted molar refractivity (Wildman–Crippen MR) is 118 cm³/mol. The standard InChI is InChI=1S/C24H25N3O4/c1-16-5-6-20(21(13-16)27(29)30)22-7-8-23(31-22)24(28)26-11-9-18(10-12-26)19-4-2-3-17(14-19)15-25/h2-8,13-14,18H,9-12,15,25H2,1H3. The zero-order chi connectivity index (χ0) is 22.0. The van der Waals surface area contributed by atoms with Gasteiger partial charge < -0.3 is 15.1 Å². The third-order valence-electron chi connectivity index (χ3n) is 5.87. The molecule has 0 radical (unpaired) electrons. The lowest BCUT2D eigenvalue weighted by Crippen LogP contribution is -2.37. The Morgan fingerprint density at radius 1 is 1.16 bits per heavy atom. The molecule has 1 aliphatic heterocycles. The Hall–Kier alpha value is -3.45. The molecule has 4 rings (SSSR count). The van der Waals surface area contributed by atoms with Gasteiger partial charge in [0.25, 0.3) is 11.6 Å². The first kappa shape index (κ1) is 20.8. The van der Waals surface area contributed by atoms with Crippen LogP contribution < -0.4 is 5.73 Å². The summed E-state index contributed by atoms with van der Waals surface area (Å²) >= 11 is 0. The van der Waals surface area contributed by atoms with E-state index in [0.717, 1.165) is 24.0 Å². The molecule has 0 bridgehead atoms. The minimum absolute atomic E-state index is 0.0335. The fraction of sp³-hybridized carbons (Fsp3) is 0.292. The van der Waals surface area contributed by atoms with Crippen LogP contribution in [0, 0.1) is 17.0 Å². The van der Waals surface area contributed by atoms with Crippen molar-refractivity contribution in [2.45, 2.75) is 32.2 Å². The van der Waals surface area contributed by atoms with Crippen LogP contribution >= 0.6 is 0 Å². The number of nitrogens with zero attached hydrogens (tertiary/aromatic N) is 2. The topological polar surface area (TPSA) is 103 Å². The number of aryl methyl sites for hydroxylation is 1.